The van der Waals surface area contributed by atoms with Crippen LogP contribution < -0.4 is 21.9 Å². The number of thioether (sulfide) groups is 1. The summed E-state index contributed by atoms with van der Waals surface area (Å²) in [4.78, 5) is 2.09. The summed E-state index contributed by atoms with van der Waals surface area (Å²) in [6.07, 6.45) is 1.14. The lowest BCUT2D eigenvalue weighted by Gasteiger charge is -2.31. The number of para-hydroxylation sites is 1. The van der Waals surface area contributed by atoms with Crippen molar-refractivity contribution in [1.82, 2.24) is 0 Å². The lowest BCUT2D eigenvalue weighted by atomic mass is 9.94. The number of hydrogen-bond acceptors (Lipinski definition) is 3. The monoisotopic (exact) mass is 438 g/mol. The van der Waals surface area contributed by atoms with Crippen LogP contribution in [0.5, 0.6) is 0 Å². The lowest BCUT2D eigenvalue weighted by molar-refractivity contribution is -0.569. The van der Waals surface area contributed by atoms with Crippen LogP contribution in [-0.2, 0) is 5.72 Å². The minimum absolute atomic E-state index is 0. The van der Waals surface area contributed by atoms with Crippen LogP contribution in [0.4, 0.5) is 5.69 Å². The molecule has 4 rings (SSSR count). The molecule has 2 aliphatic heterocycles. The number of anilines is 1. The van der Waals surface area contributed by atoms with Crippen molar-refractivity contribution in [2.24, 2.45) is 0 Å². The Labute approximate surface area is 168 Å². The first-order valence-corrected chi connectivity index (χ1v) is 9.59. The third-order valence-electron chi connectivity index (χ3n) is 4.89. The highest BCUT2D eigenvalue weighted by Crippen LogP contribution is 2.43. The number of aliphatic hydroxyl groups is 1. The van der Waals surface area contributed by atoms with Gasteiger partial charge in [-0.1, -0.05) is 41.9 Å². The zero-order chi connectivity index (χ0) is 16.7. The maximum Gasteiger partial charge on any atom is 0.316 e. The summed E-state index contributed by atoms with van der Waals surface area (Å²) in [5.74, 6) is 1.08. The molecular weight excluding hydrogens is 420 g/mol. The van der Waals surface area contributed by atoms with E-state index in [9.17, 15) is 5.11 Å². The minimum atomic E-state index is -1.11. The van der Waals surface area contributed by atoms with E-state index in [1.165, 1.54) is 0 Å². The molecule has 0 radical (unpaired) electrons. The molecule has 0 aromatic heterocycles. The first-order chi connectivity index (χ1) is 11.6. The minimum Gasteiger partial charge on any atom is -1.00 e. The largest absolute Gasteiger partial charge is 1.00 e. The Morgan fingerprint density at radius 1 is 1.16 bits per heavy atom. The lowest BCUT2D eigenvalue weighted by Crippen LogP contribution is -3.00. The molecule has 3 nitrogen and oxygen atoms in total. The summed E-state index contributed by atoms with van der Waals surface area (Å²) in [6.45, 7) is 3.08. The zero-order valence-corrected chi connectivity index (χ0v) is 17.1. The van der Waals surface area contributed by atoms with Crippen molar-refractivity contribution in [3.63, 3.8) is 0 Å². The van der Waals surface area contributed by atoms with Crippen molar-refractivity contribution in [2.75, 3.05) is 17.2 Å². The molecule has 0 saturated carbocycles. The van der Waals surface area contributed by atoms with Gasteiger partial charge in [0.2, 0.25) is 0 Å². The average Bonchev–Trinajstić information content (AvgIpc) is 2.85. The molecule has 0 amide bonds. The number of rotatable bonds is 2. The van der Waals surface area contributed by atoms with Crippen molar-refractivity contribution < 1.29 is 26.7 Å². The van der Waals surface area contributed by atoms with E-state index in [1.54, 1.807) is 0 Å². The summed E-state index contributed by atoms with van der Waals surface area (Å²) >= 11 is 7.88. The van der Waals surface area contributed by atoms with Gasteiger partial charge < -0.3 is 22.1 Å². The Morgan fingerprint density at radius 2 is 1.84 bits per heavy atom. The Bertz CT molecular complexity index is 784. The van der Waals surface area contributed by atoms with Gasteiger partial charge in [0.25, 0.3) is 5.72 Å². The number of nitrogens with zero attached hydrogens (tertiary/aromatic N) is 2. The van der Waals surface area contributed by atoms with E-state index >= 15 is 0 Å². The third kappa shape index (κ3) is 3.01. The quantitative estimate of drug-likeness (QED) is 0.705. The van der Waals surface area contributed by atoms with Gasteiger partial charge in [-0.2, -0.15) is 4.90 Å². The van der Waals surface area contributed by atoms with Crippen LogP contribution in [0.3, 0.4) is 0 Å². The van der Waals surface area contributed by atoms with Gasteiger partial charge in [-0.15, -0.1) is 0 Å². The van der Waals surface area contributed by atoms with E-state index in [0.29, 0.717) is 5.02 Å². The van der Waals surface area contributed by atoms with Crippen LogP contribution >= 0.6 is 23.4 Å². The Kier molecular flexibility index (Phi) is 5.49. The Balaban J connectivity index is 0.00000182. The van der Waals surface area contributed by atoms with E-state index in [-0.39, 0.29) is 23.0 Å². The number of hydrogen-bond donors (Lipinski definition) is 1. The molecule has 0 saturated heterocycles. The maximum atomic E-state index is 11.9. The van der Waals surface area contributed by atoms with Gasteiger partial charge in [0, 0.05) is 16.3 Å². The Hall–Kier alpha value is -1.01. The average molecular weight is 440 g/mol. The topological polar surface area (TPSA) is 26.5 Å². The molecule has 2 atom stereocenters. The van der Waals surface area contributed by atoms with E-state index in [0.717, 1.165) is 35.1 Å². The predicted octanol–water partition coefficient (Wildman–Crippen LogP) is 0.903. The van der Waals surface area contributed by atoms with Crippen LogP contribution in [0.15, 0.2) is 54.6 Å². The number of amidine groups is 1. The smallest absolute Gasteiger partial charge is 0.316 e. The van der Waals surface area contributed by atoms with Gasteiger partial charge in [0.1, 0.15) is 5.69 Å². The maximum absolute atomic E-state index is 11.9. The highest BCUT2D eigenvalue weighted by atomic mass is 79.9. The molecule has 2 aromatic rings. The SMILES string of the molecule is CC1[N+]2=C(SCCC2)N(c2ccccc2)C1(O)c1ccc(Cl)cc1.[Br-]. The highest BCUT2D eigenvalue weighted by molar-refractivity contribution is 8.14. The van der Waals surface area contributed by atoms with E-state index < -0.39 is 5.72 Å². The molecule has 25 heavy (non-hydrogen) atoms. The standard InChI is InChI=1S/C19H20ClN2OS.BrH/c1-14-19(23,15-8-10-16(20)11-9-15)22(17-6-3-2-4-7-17)18-21(14)12-5-13-24-18;/h2-4,6-11,14,23H,5,12-13H2,1H3;1H/q+1;/p-1. The van der Waals surface area contributed by atoms with Crippen LogP contribution in [0.2, 0.25) is 5.02 Å². The molecule has 0 spiro atoms. The molecule has 0 fully saturated rings. The van der Waals surface area contributed by atoms with Crippen molar-refractivity contribution in [2.45, 2.75) is 25.1 Å². The molecule has 0 bridgehead atoms. The van der Waals surface area contributed by atoms with Gasteiger partial charge in [-0.3, -0.25) is 0 Å². The number of benzene rings is 2. The zero-order valence-electron chi connectivity index (χ0n) is 13.9. The van der Waals surface area contributed by atoms with Crippen molar-refractivity contribution in [1.29, 1.82) is 0 Å². The molecular formula is C19H20BrClN2OS. The molecule has 132 valence electrons. The van der Waals surface area contributed by atoms with Gasteiger partial charge in [-0.25, -0.2) is 4.58 Å². The van der Waals surface area contributed by atoms with Crippen molar-refractivity contribution >= 4 is 34.2 Å². The normalized spacial score (nSPS) is 25.6. The van der Waals surface area contributed by atoms with Crippen molar-refractivity contribution in [3.8, 4) is 0 Å². The summed E-state index contributed by atoms with van der Waals surface area (Å²) in [5, 5.41) is 13.7. The van der Waals surface area contributed by atoms with E-state index in [4.69, 9.17) is 11.6 Å². The third-order valence-corrected chi connectivity index (χ3v) is 6.31. The van der Waals surface area contributed by atoms with Crippen LogP contribution in [0.25, 0.3) is 0 Å². The summed E-state index contributed by atoms with van der Waals surface area (Å²) < 4.78 is 2.33. The summed E-state index contributed by atoms with van der Waals surface area (Å²) in [7, 11) is 0. The molecule has 2 aromatic carbocycles. The molecule has 0 aliphatic carbocycles. The van der Waals surface area contributed by atoms with Crippen molar-refractivity contribution in [3.05, 3.63) is 65.2 Å². The number of halogens is 2. The summed E-state index contributed by atoms with van der Waals surface area (Å²) in [6, 6.07) is 17.6. The fraction of sp³-hybridized carbons (Fsp3) is 0.316. The second-order valence-electron chi connectivity index (χ2n) is 6.26. The van der Waals surface area contributed by atoms with Crippen LogP contribution in [0.1, 0.15) is 18.9 Å². The summed E-state index contributed by atoms with van der Waals surface area (Å²) in [5.41, 5.74) is 0.762. The van der Waals surface area contributed by atoms with Gasteiger partial charge >= 0.3 is 5.17 Å². The first kappa shape index (κ1) is 18.8. The molecule has 2 heterocycles. The van der Waals surface area contributed by atoms with Gasteiger partial charge in [0.15, 0.2) is 6.04 Å². The second kappa shape index (κ2) is 7.31. The highest BCUT2D eigenvalue weighted by Gasteiger charge is 2.60. The fourth-order valence-corrected chi connectivity index (χ4v) is 5.00. The first-order valence-electron chi connectivity index (χ1n) is 8.22. The van der Waals surface area contributed by atoms with Crippen LogP contribution in [0, 0.1) is 0 Å². The predicted molar refractivity (Wildman–Crippen MR) is 101 cm³/mol. The van der Waals surface area contributed by atoms with E-state index in [2.05, 4.69) is 28.5 Å². The Morgan fingerprint density at radius 3 is 2.52 bits per heavy atom. The van der Waals surface area contributed by atoms with Gasteiger partial charge in [0.05, 0.1) is 6.54 Å². The molecule has 2 unspecified atom stereocenters. The molecule has 1 N–H and O–H groups in total. The van der Waals surface area contributed by atoms with Gasteiger partial charge in [-0.05, 0) is 49.4 Å². The van der Waals surface area contributed by atoms with Crippen LogP contribution in [-0.4, -0.2) is 33.2 Å². The molecule has 2 aliphatic rings. The molecule has 6 heteroatoms. The van der Waals surface area contributed by atoms with E-state index in [1.807, 2.05) is 54.2 Å². The fourth-order valence-electron chi connectivity index (χ4n) is 3.63. The second-order valence-corrected chi connectivity index (χ2v) is 7.76.